The number of methoxy groups -OCH3 is 2. The summed E-state index contributed by atoms with van der Waals surface area (Å²) in [6.45, 7) is 1.12. The number of nitrogens with one attached hydrogen (secondary N) is 1. The number of ether oxygens (including phenoxy) is 2. The standard InChI is InChI=1S/C13H18BrNO2/c1-16-12-8-10(14)6-9(13(12)17-2)7-11-4-3-5-15-11/h6,8,11,15H,3-5,7H2,1-2H3. The minimum absolute atomic E-state index is 0.558. The maximum Gasteiger partial charge on any atom is 0.164 e. The van der Waals surface area contributed by atoms with Crippen molar-refractivity contribution in [1.29, 1.82) is 0 Å². The molecule has 1 saturated heterocycles. The van der Waals surface area contributed by atoms with E-state index in [1.807, 2.05) is 6.07 Å². The van der Waals surface area contributed by atoms with E-state index in [0.717, 1.165) is 28.9 Å². The van der Waals surface area contributed by atoms with Crippen LogP contribution >= 0.6 is 15.9 Å². The second-order valence-electron chi connectivity index (χ2n) is 4.30. The van der Waals surface area contributed by atoms with Crippen molar-refractivity contribution in [3.8, 4) is 11.5 Å². The molecule has 1 atom stereocenters. The molecule has 0 spiro atoms. The van der Waals surface area contributed by atoms with Crippen molar-refractivity contribution >= 4 is 15.9 Å². The second-order valence-corrected chi connectivity index (χ2v) is 5.21. The third-order valence-corrected chi connectivity index (χ3v) is 3.61. The Morgan fingerprint density at radius 1 is 1.35 bits per heavy atom. The monoisotopic (exact) mass is 299 g/mol. The van der Waals surface area contributed by atoms with E-state index >= 15 is 0 Å². The largest absolute Gasteiger partial charge is 0.493 e. The van der Waals surface area contributed by atoms with Gasteiger partial charge in [0.05, 0.1) is 14.2 Å². The molecule has 4 heteroatoms. The first-order valence-electron chi connectivity index (χ1n) is 5.88. The summed E-state index contributed by atoms with van der Waals surface area (Å²) in [6, 6.07) is 4.61. The van der Waals surface area contributed by atoms with Crippen LogP contribution in [-0.2, 0) is 6.42 Å². The summed E-state index contributed by atoms with van der Waals surface area (Å²) in [5, 5.41) is 3.50. The van der Waals surface area contributed by atoms with Crippen LogP contribution in [0.25, 0.3) is 0 Å². The molecule has 1 heterocycles. The van der Waals surface area contributed by atoms with Crippen LogP contribution in [0.3, 0.4) is 0 Å². The minimum atomic E-state index is 0.558. The SMILES string of the molecule is COc1cc(Br)cc(CC2CCCN2)c1OC. The fourth-order valence-electron chi connectivity index (χ4n) is 2.35. The summed E-state index contributed by atoms with van der Waals surface area (Å²) in [6.07, 6.45) is 3.48. The predicted octanol–water partition coefficient (Wildman–Crippen LogP) is 2.76. The first kappa shape index (κ1) is 12.7. The molecule has 1 aliphatic heterocycles. The molecule has 0 aromatic heterocycles. The van der Waals surface area contributed by atoms with E-state index in [4.69, 9.17) is 9.47 Å². The fourth-order valence-corrected chi connectivity index (χ4v) is 2.84. The Morgan fingerprint density at radius 2 is 2.18 bits per heavy atom. The van der Waals surface area contributed by atoms with Gasteiger partial charge >= 0.3 is 0 Å². The first-order chi connectivity index (χ1) is 8.24. The molecule has 1 aromatic rings. The molecule has 1 fully saturated rings. The van der Waals surface area contributed by atoms with Crippen molar-refractivity contribution in [3.63, 3.8) is 0 Å². The van der Waals surface area contributed by atoms with Crippen LogP contribution in [0.1, 0.15) is 18.4 Å². The molecular weight excluding hydrogens is 282 g/mol. The molecule has 0 aliphatic carbocycles. The highest BCUT2D eigenvalue weighted by atomic mass is 79.9. The van der Waals surface area contributed by atoms with Gasteiger partial charge in [-0.25, -0.2) is 0 Å². The summed E-state index contributed by atoms with van der Waals surface area (Å²) >= 11 is 3.51. The lowest BCUT2D eigenvalue weighted by Crippen LogP contribution is -2.23. The first-order valence-corrected chi connectivity index (χ1v) is 6.67. The fraction of sp³-hybridized carbons (Fsp3) is 0.538. The molecular formula is C13H18BrNO2. The highest BCUT2D eigenvalue weighted by molar-refractivity contribution is 9.10. The van der Waals surface area contributed by atoms with Crippen LogP contribution in [0.4, 0.5) is 0 Å². The van der Waals surface area contributed by atoms with Crippen molar-refractivity contribution in [2.24, 2.45) is 0 Å². The quantitative estimate of drug-likeness (QED) is 0.927. The lowest BCUT2D eigenvalue weighted by Gasteiger charge is -2.16. The van der Waals surface area contributed by atoms with E-state index in [-0.39, 0.29) is 0 Å². The zero-order valence-electron chi connectivity index (χ0n) is 10.3. The maximum atomic E-state index is 5.46. The number of rotatable bonds is 4. The maximum absolute atomic E-state index is 5.46. The van der Waals surface area contributed by atoms with Gasteiger partial charge in [0.25, 0.3) is 0 Å². The second kappa shape index (κ2) is 5.74. The highest BCUT2D eigenvalue weighted by Gasteiger charge is 2.19. The highest BCUT2D eigenvalue weighted by Crippen LogP contribution is 2.35. The summed E-state index contributed by atoms with van der Waals surface area (Å²) in [4.78, 5) is 0. The van der Waals surface area contributed by atoms with E-state index in [1.54, 1.807) is 14.2 Å². The van der Waals surface area contributed by atoms with Gasteiger partial charge in [0.15, 0.2) is 11.5 Å². The molecule has 2 rings (SSSR count). The van der Waals surface area contributed by atoms with Crippen molar-refractivity contribution < 1.29 is 9.47 Å². The molecule has 17 heavy (non-hydrogen) atoms. The van der Waals surface area contributed by atoms with E-state index in [2.05, 4.69) is 27.3 Å². The smallest absolute Gasteiger partial charge is 0.164 e. The number of hydrogen-bond acceptors (Lipinski definition) is 3. The third kappa shape index (κ3) is 2.93. The van der Waals surface area contributed by atoms with E-state index < -0.39 is 0 Å². The van der Waals surface area contributed by atoms with Gasteiger partial charge in [-0.1, -0.05) is 15.9 Å². The molecule has 94 valence electrons. The van der Waals surface area contributed by atoms with Crippen LogP contribution in [0, 0.1) is 0 Å². The Bertz CT molecular complexity index is 389. The van der Waals surface area contributed by atoms with Gasteiger partial charge in [0, 0.05) is 16.1 Å². The number of halogens is 1. The van der Waals surface area contributed by atoms with Gasteiger partial charge in [-0.2, -0.15) is 0 Å². The zero-order valence-corrected chi connectivity index (χ0v) is 11.8. The molecule has 0 amide bonds. The van der Waals surface area contributed by atoms with Crippen LogP contribution in [0.15, 0.2) is 16.6 Å². The summed E-state index contributed by atoms with van der Waals surface area (Å²) in [5.41, 5.74) is 1.19. The molecule has 0 saturated carbocycles. The Balaban J connectivity index is 2.26. The zero-order chi connectivity index (χ0) is 12.3. The molecule has 0 bridgehead atoms. The number of hydrogen-bond donors (Lipinski definition) is 1. The average molecular weight is 300 g/mol. The summed E-state index contributed by atoms with van der Waals surface area (Å²) in [7, 11) is 3.36. The Hall–Kier alpha value is -0.740. The molecule has 3 nitrogen and oxygen atoms in total. The van der Waals surface area contributed by atoms with Crippen molar-refractivity contribution in [2.45, 2.75) is 25.3 Å². The van der Waals surface area contributed by atoms with E-state index in [0.29, 0.717) is 6.04 Å². The Kier molecular flexibility index (Phi) is 4.29. The van der Waals surface area contributed by atoms with Crippen LogP contribution in [-0.4, -0.2) is 26.8 Å². The van der Waals surface area contributed by atoms with Crippen molar-refractivity contribution in [2.75, 3.05) is 20.8 Å². The van der Waals surface area contributed by atoms with Crippen molar-refractivity contribution in [1.82, 2.24) is 5.32 Å². The summed E-state index contributed by atoms with van der Waals surface area (Å²) in [5.74, 6) is 1.64. The van der Waals surface area contributed by atoms with Gasteiger partial charge in [0.1, 0.15) is 0 Å². The molecule has 1 unspecified atom stereocenters. The van der Waals surface area contributed by atoms with Crippen LogP contribution in [0.2, 0.25) is 0 Å². The topological polar surface area (TPSA) is 30.5 Å². The lowest BCUT2D eigenvalue weighted by molar-refractivity contribution is 0.350. The van der Waals surface area contributed by atoms with E-state index in [1.165, 1.54) is 18.4 Å². The van der Waals surface area contributed by atoms with Crippen LogP contribution in [0.5, 0.6) is 11.5 Å². The molecule has 1 aromatic carbocycles. The van der Waals surface area contributed by atoms with Gasteiger partial charge < -0.3 is 14.8 Å². The van der Waals surface area contributed by atoms with Gasteiger partial charge in [-0.15, -0.1) is 0 Å². The lowest BCUT2D eigenvalue weighted by atomic mass is 10.0. The molecule has 0 radical (unpaired) electrons. The van der Waals surface area contributed by atoms with E-state index in [9.17, 15) is 0 Å². The summed E-state index contributed by atoms with van der Waals surface area (Å²) < 4.78 is 11.8. The molecule has 1 aliphatic rings. The van der Waals surface area contributed by atoms with Gasteiger partial charge in [-0.05, 0) is 37.9 Å². The van der Waals surface area contributed by atoms with Crippen LogP contribution < -0.4 is 14.8 Å². The molecule has 1 N–H and O–H groups in total. The average Bonchev–Trinajstić information content (AvgIpc) is 2.81. The number of benzene rings is 1. The normalized spacial score (nSPS) is 19.4. The Morgan fingerprint density at radius 3 is 2.76 bits per heavy atom. The van der Waals surface area contributed by atoms with Gasteiger partial charge in [0.2, 0.25) is 0 Å². The Labute approximate surface area is 111 Å². The third-order valence-electron chi connectivity index (χ3n) is 3.15. The van der Waals surface area contributed by atoms with Gasteiger partial charge in [-0.3, -0.25) is 0 Å². The van der Waals surface area contributed by atoms with Crippen molar-refractivity contribution in [3.05, 3.63) is 22.2 Å². The predicted molar refractivity (Wildman–Crippen MR) is 72.0 cm³/mol. The minimum Gasteiger partial charge on any atom is -0.493 e.